The summed E-state index contributed by atoms with van der Waals surface area (Å²) in [7, 11) is 0. The summed E-state index contributed by atoms with van der Waals surface area (Å²) in [6.45, 7) is 1.85. The number of carbonyl (C=O) groups is 1. The molecule has 0 aromatic rings. The largest absolute Gasteiger partial charge is 0.481 e. The Morgan fingerprint density at radius 1 is 1.12 bits per heavy atom. The minimum absolute atomic E-state index is 0.133. The molecule has 4 nitrogen and oxygen atoms in total. The number of hydrogen-bond donors (Lipinski definition) is 2. The summed E-state index contributed by atoms with van der Waals surface area (Å²) in [5, 5.41) is 18.5. The van der Waals surface area contributed by atoms with Gasteiger partial charge in [0.1, 0.15) is 0 Å². The summed E-state index contributed by atoms with van der Waals surface area (Å²) in [4.78, 5) is 13.2. The third-order valence-electron chi connectivity index (χ3n) is 3.99. The quantitative estimate of drug-likeness (QED) is 0.741. The van der Waals surface area contributed by atoms with Crippen molar-refractivity contribution in [1.29, 1.82) is 0 Å². The SMILES string of the molecule is O=C(O)C1CCC(N2CCC[C@@H](O)C2)CC1. The lowest BCUT2D eigenvalue weighted by Gasteiger charge is -2.39. The number of aliphatic carboxylic acids is 1. The van der Waals surface area contributed by atoms with E-state index >= 15 is 0 Å². The van der Waals surface area contributed by atoms with Crippen LogP contribution < -0.4 is 0 Å². The zero-order valence-corrected chi connectivity index (χ0v) is 9.64. The van der Waals surface area contributed by atoms with Crippen LogP contribution in [0.4, 0.5) is 0 Å². The Morgan fingerprint density at radius 3 is 2.38 bits per heavy atom. The molecule has 0 aromatic heterocycles. The van der Waals surface area contributed by atoms with Gasteiger partial charge in [0, 0.05) is 12.6 Å². The van der Waals surface area contributed by atoms with E-state index in [9.17, 15) is 9.90 Å². The Kier molecular flexibility index (Phi) is 3.82. The zero-order chi connectivity index (χ0) is 11.5. The first-order valence-corrected chi connectivity index (χ1v) is 6.31. The van der Waals surface area contributed by atoms with Crippen LogP contribution in [0, 0.1) is 5.92 Å². The number of rotatable bonds is 2. The van der Waals surface area contributed by atoms with Gasteiger partial charge in [-0.2, -0.15) is 0 Å². The number of carboxylic acids is 1. The van der Waals surface area contributed by atoms with Crippen molar-refractivity contribution in [3.8, 4) is 0 Å². The van der Waals surface area contributed by atoms with Crippen molar-refractivity contribution in [2.24, 2.45) is 5.92 Å². The van der Waals surface area contributed by atoms with Crippen molar-refractivity contribution in [2.45, 2.75) is 50.7 Å². The monoisotopic (exact) mass is 227 g/mol. The van der Waals surface area contributed by atoms with Gasteiger partial charge in [-0.3, -0.25) is 9.69 Å². The zero-order valence-electron chi connectivity index (χ0n) is 9.64. The fourth-order valence-electron chi connectivity index (χ4n) is 3.00. The molecule has 2 fully saturated rings. The molecule has 0 bridgehead atoms. The van der Waals surface area contributed by atoms with E-state index in [-0.39, 0.29) is 12.0 Å². The molecule has 0 unspecified atom stereocenters. The highest BCUT2D eigenvalue weighted by atomic mass is 16.4. The van der Waals surface area contributed by atoms with Crippen LogP contribution in [-0.4, -0.2) is 46.3 Å². The molecular formula is C12H21NO3. The van der Waals surface area contributed by atoms with Crippen molar-refractivity contribution < 1.29 is 15.0 Å². The number of hydrogen-bond acceptors (Lipinski definition) is 3. The van der Waals surface area contributed by atoms with E-state index in [1.54, 1.807) is 0 Å². The average Bonchev–Trinajstić information content (AvgIpc) is 2.29. The normalized spacial score (nSPS) is 37.2. The molecule has 1 atom stereocenters. The lowest BCUT2D eigenvalue weighted by molar-refractivity contribution is -0.143. The van der Waals surface area contributed by atoms with Gasteiger partial charge in [0.05, 0.1) is 12.0 Å². The average molecular weight is 227 g/mol. The Hall–Kier alpha value is -0.610. The molecule has 16 heavy (non-hydrogen) atoms. The molecule has 1 saturated carbocycles. The van der Waals surface area contributed by atoms with Gasteiger partial charge in [0.15, 0.2) is 0 Å². The predicted octanol–water partition coefficient (Wildman–Crippen LogP) is 1.09. The van der Waals surface area contributed by atoms with E-state index < -0.39 is 5.97 Å². The van der Waals surface area contributed by atoms with Gasteiger partial charge in [0.25, 0.3) is 0 Å². The Morgan fingerprint density at radius 2 is 1.81 bits per heavy atom. The van der Waals surface area contributed by atoms with E-state index in [0.29, 0.717) is 6.04 Å². The molecule has 4 heteroatoms. The first-order chi connectivity index (χ1) is 7.66. The molecular weight excluding hydrogens is 206 g/mol. The van der Waals surface area contributed by atoms with Crippen LogP contribution in [0.1, 0.15) is 38.5 Å². The molecule has 1 aliphatic heterocycles. The standard InChI is InChI=1S/C12H21NO3/c14-11-2-1-7-13(8-11)10-5-3-9(4-6-10)12(15)16/h9-11,14H,1-8H2,(H,15,16)/t9?,10?,11-/m1/s1. The summed E-state index contributed by atoms with van der Waals surface area (Å²) in [6.07, 6.45) is 5.36. The first-order valence-electron chi connectivity index (χ1n) is 6.31. The minimum Gasteiger partial charge on any atom is -0.481 e. The molecule has 92 valence electrons. The predicted molar refractivity (Wildman–Crippen MR) is 60.2 cm³/mol. The molecule has 2 aliphatic rings. The molecule has 1 aliphatic carbocycles. The molecule has 0 radical (unpaired) electrons. The second kappa shape index (κ2) is 5.15. The van der Waals surface area contributed by atoms with E-state index in [1.165, 1.54) is 0 Å². The molecule has 1 saturated heterocycles. The van der Waals surface area contributed by atoms with E-state index in [2.05, 4.69) is 4.90 Å². The fourth-order valence-corrected chi connectivity index (χ4v) is 3.00. The van der Waals surface area contributed by atoms with Crippen LogP contribution in [0.3, 0.4) is 0 Å². The second-order valence-corrected chi connectivity index (χ2v) is 5.13. The number of likely N-dealkylation sites (tertiary alicyclic amines) is 1. The van der Waals surface area contributed by atoms with Gasteiger partial charge >= 0.3 is 5.97 Å². The molecule has 0 amide bonds. The topological polar surface area (TPSA) is 60.8 Å². The summed E-state index contributed by atoms with van der Waals surface area (Å²) < 4.78 is 0. The van der Waals surface area contributed by atoms with Gasteiger partial charge in [-0.15, -0.1) is 0 Å². The number of aliphatic hydroxyl groups is 1. The third kappa shape index (κ3) is 2.74. The van der Waals surface area contributed by atoms with Crippen LogP contribution in [0.5, 0.6) is 0 Å². The smallest absolute Gasteiger partial charge is 0.306 e. The summed E-state index contributed by atoms with van der Waals surface area (Å²) in [6, 6.07) is 0.505. The Labute approximate surface area is 96.3 Å². The van der Waals surface area contributed by atoms with Crippen molar-refractivity contribution in [3.63, 3.8) is 0 Å². The first kappa shape index (κ1) is 11.9. The van der Waals surface area contributed by atoms with Crippen molar-refractivity contribution >= 4 is 5.97 Å². The van der Waals surface area contributed by atoms with Crippen molar-refractivity contribution in [1.82, 2.24) is 4.90 Å². The van der Waals surface area contributed by atoms with Gasteiger partial charge in [0.2, 0.25) is 0 Å². The maximum Gasteiger partial charge on any atom is 0.306 e. The van der Waals surface area contributed by atoms with Crippen LogP contribution >= 0.6 is 0 Å². The number of piperidine rings is 1. The number of carboxylic acid groups (broad SMARTS) is 1. The van der Waals surface area contributed by atoms with Crippen molar-refractivity contribution in [2.75, 3.05) is 13.1 Å². The van der Waals surface area contributed by atoms with Crippen LogP contribution in [0.2, 0.25) is 0 Å². The van der Waals surface area contributed by atoms with E-state index in [0.717, 1.165) is 51.6 Å². The summed E-state index contributed by atoms with van der Waals surface area (Å²) >= 11 is 0. The minimum atomic E-state index is -0.642. The molecule has 0 spiro atoms. The summed E-state index contributed by atoms with van der Waals surface area (Å²) in [5.74, 6) is -0.775. The number of β-amino-alcohol motifs (C(OH)–C–C–N with tert-alkyl or cyclic N) is 1. The third-order valence-corrected chi connectivity index (χ3v) is 3.99. The number of aliphatic hydroxyl groups excluding tert-OH is 1. The van der Waals surface area contributed by atoms with E-state index in [4.69, 9.17) is 5.11 Å². The van der Waals surface area contributed by atoms with Crippen LogP contribution in [0.25, 0.3) is 0 Å². The highest BCUT2D eigenvalue weighted by molar-refractivity contribution is 5.70. The molecule has 2 rings (SSSR count). The summed E-state index contributed by atoms with van der Waals surface area (Å²) in [5.41, 5.74) is 0. The highest BCUT2D eigenvalue weighted by Gasteiger charge is 2.31. The van der Waals surface area contributed by atoms with E-state index in [1.807, 2.05) is 0 Å². The molecule has 0 aromatic carbocycles. The van der Waals surface area contributed by atoms with Crippen molar-refractivity contribution in [3.05, 3.63) is 0 Å². The maximum absolute atomic E-state index is 10.8. The Bertz CT molecular complexity index is 249. The van der Waals surface area contributed by atoms with Gasteiger partial charge in [-0.05, 0) is 45.1 Å². The van der Waals surface area contributed by atoms with Gasteiger partial charge in [-0.25, -0.2) is 0 Å². The maximum atomic E-state index is 10.8. The number of nitrogens with zero attached hydrogens (tertiary/aromatic N) is 1. The molecule has 2 N–H and O–H groups in total. The van der Waals surface area contributed by atoms with Crippen LogP contribution in [-0.2, 0) is 4.79 Å². The van der Waals surface area contributed by atoms with Gasteiger partial charge < -0.3 is 10.2 Å². The second-order valence-electron chi connectivity index (χ2n) is 5.13. The lowest BCUT2D eigenvalue weighted by Crippen LogP contribution is -2.46. The lowest BCUT2D eigenvalue weighted by atomic mass is 9.84. The Balaban J connectivity index is 1.81. The van der Waals surface area contributed by atoms with Crippen LogP contribution in [0.15, 0.2) is 0 Å². The fraction of sp³-hybridized carbons (Fsp3) is 0.917. The van der Waals surface area contributed by atoms with Gasteiger partial charge in [-0.1, -0.05) is 0 Å². The molecule has 1 heterocycles. The highest BCUT2D eigenvalue weighted by Crippen LogP contribution is 2.29.